The summed E-state index contributed by atoms with van der Waals surface area (Å²) < 4.78 is 5.20. The maximum Gasteiger partial charge on any atom is 0.244 e. The largest absolute Gasteiger partial charge is 0.497 e. The van der Waals surface area contributed by atoms with Crippen LogP contribution in [0.1, 0.15) is 44.8 Å². The molecule has 1 saturated heterocycles. The van der Waals surface area contributed by atoms with Crippen LogP contribution < -0.4 is 10.1 Å². The molecule has 2 atom stereocenters. The second-order valence-corrected chi connectivity index (χ2v) is 5.87. The van der Waals surface area contributed by atoms with Crippen LogP contribution in [0, 0.1) is 0 Å². The lowest BCUT2D eigenvalue weighted by Gasteiger charge is -2.30. The average molecular weight is 274 g/mol. The number of amides is 1. The predicted octanol–water partition coefficient (Wildman–Crippen LogP) is 2.46. The van der Waals surface area contributed by atoms with E-state index in [-0.39, 0.29) is 23.7 Å². The van der Waals surface area contributed by atoms with Crippen molar-refractivity contribution in [2.75, 3.05) is 7.11 Å². The molecule has 0 aromatic heterocycles. The summed E-state index contributed by atoms with van der Waals surface area (Å²) in [5.74, 6) is 1.11. The van der Waals surface area contributed by atoms with E-state index in [0.717, 1.165) is 30.6 Å². The summed E-state index contributed by atoms with van der Waals surface area (Å²) in [6.07, 6.45) is 2.89. The van der Waals surface area contributed by atoms with Gasteiger partial charge in [-0.05, 0) is 43.9 Å². The van der Waals surface area contributed by atoms with Crippen LogP contribution in [0.25, 0.3) is 0 Å². The zero-order valence-electron chi connectivity index (χ0n) is 12.3. The fourth-order valence-electron chi connectivity index (χ4n) is 2.92. The minimum atomic E-state index is -0.270. The fourth-order valence-corrected chi connectivity index (χ4v) is 2.92. The number of carbonyl (C=O) groups excluding carboxylic acids is 1. The van der Waals surface area contributed by atoms with Gasteiger partial charge in [0.05, 0.1) is 7.11 Å². The molecule has 1 aliphatic carbocycles. The van der Waals surface area contributed by atoms with Gasteiger partial charge in [0.25, 0.3) is 0 Å². The third kappa shape index (κ3) is 1.99. The van der Waals surface area contributed by atoms with Crippen LogP contribution >= 0.6 is 0 Å². The summed E-state index contributed by atoms with van der Waals surface area (Å²) in [6, 6.07) is 8.24. The SMILES string of the molecule is CCC(C)N1C(=O)C2(CC2)NC1c1ccc(OC)cc1. The molecule has 0 radical (unpaired) electrons. The summed E-state index contributed by atoms with van der Waals surface area (Å²) in [5, 5.41) is 3.55. The van der Waals surface area contributed by atoms with Crippen molar-refractivity contribution < 1.29 is 9.53 Å². The number of ether oxygens (including phenoxy) is 1. The Morgan fingerprint density at radius 3 is 2.55 bits per heavy atom. The average Bonchev–Trinajstić information content (AvgIpc) is 3.20. The Morgan fingerprint density at radius 2 is 2.05 bits per heavy atom. The fraction of sp³-hybridized carbons (Fsp3) is 0.562. The Balaban J connectivity index is 1.91. The number of nitrogens with zero attached hydrogens (tertiary/aromatic N) is 1. The van der Waals surface area contributed by atoms with Gasteiger partial charge in [0.15, 0.2) is 0 Å². The molecule has 3 rings (SSSR count). The van der Waals surface area contributed by atoms with Crippen molar-refractivity contribution in [2.45, 2.75) is 50.9 Å². The lowest BCUT2D eigenvalue weighted by molar-refractivity contribution is -0.132. The third-order valence-corrected chi connectivity index (χ3v) is 4.58. The normalized spacial score (nSPS) is 25.1. The van der Waals surface area contributed by atoms with Gasteiger partial charge in [0.1, 0.15) is 17.5 Å². The minimum Gasteiger partial charge on any atom is -0.497 e. The van der Waals surface area contributed by atoms with Crippen molar-refractivity contribution in [1.82, 2.24) is 10.2 Å². The molecule has 4 nitrogen and oxygen atoms in total. The summed E-state index contributed by atoms with van der Waals surface area (Å²) >= 11 is 0. The second-order valence-electron chi connectivity index (χ2n) is 5.87. The van der Waals surface area contributed by atoms with E-state index in [1.807, 2.05) is 29.2 Å². The van der Waals surface area contributed by atoms with Crippen LogP contribution in [0.2, 0.25) is 0 Å². The Labute approximate surface area is 120 Å². The topological polar surface area (TPSA) is 41.6 Å². The zero-order valence-corrected chi connectivity index (χ0v) is 12.3. The van der Waals surface area contributed by atoms with E-state index >= 15 is 0 Å². The van der Waals surface area contributed by atoms with Gasteiger partial charge >= 0.3 is 0 Å². The van der Waals surface area contributed by atoms with Gasteiger partial charge in [-0.2, -0.15) is 0 Å². The molecule has 1 spiro atoms. The van der Waals surface area contributed by atoms with Crippen LogP contribution in [-0.2, 0) is 4.79 Å². The first-order valence-electron chi connectivity index (χ1n) is 7.36. The molecule has 2 aliphatic rings. The Hall–Kier alpha value is -1.55. The second kappa shape index (κ2) is 4.77. The molecule has 108 valence electrons. The van der Waals surface area contributed by atoms with Crippen LogP contribution in [0.3, 0.4) is 0 Å². The molecular weight excluding hydrogens is 252 g/mol. The number of hydrogen-bond donors (Lipinski definition) is 1. The lowest BCUT2D eigenvalue weighted by atomic mass is 10.1. The number of methoxy groups -OCH3 is 1. The van der Waals surface area contributed by atoms with Gasteiger partial charge in [-0.25, -0.2) is 0 Å². The molecule has 4 heteroatoms. The third-order valence-electron chi connectivity index (χ3n) is 4.58. The summed E-state index contributed by atoms with van der Waals surface area (Å²) in [7, 11) is 1.66. The van der Waals surface area contributed by atoms with Gasteiger partial charge < -0.3 is 9.64 Å². The van der Waals surface area contributed by atoms with E-state index in [4.69, 9.17) is 4.74 Å². The maximum atomic E-state index is 12.6. The van der Waals surface area contributed by atoms with Gasteiger partial charge in [-0.3, -0.25) is 10.1 Å². The van der Waals surface area contributed by atoms with Crippen LogP contribution in [0.15, 0.2) is 24.3 Å². The number of carbonyl (C=O) groups is 1. The quantitative estimate of drug-likeness (QED) is 0.917. The number of hydrogen-bond acceptors (Lipinski definition) is 3. The van der Waals surface area contributed by atoms with Crippen LogP contribution in [-0.4, -0.2) is 29.5 Å². The van der Waals surface area contributed by atoms with Crippen molar-refractivity contribution in [2.24, 2.45) is 0 Å². The Morgan fingerprint density at radius 1 is 1.40 bits per heavy atom. The highest BCUT2D eigenvalue weighted by molar-refractivity contribution is 5.92. The number of benzene rings is 1. The maximum absolute atomic E-state index is 12.6. The molecule has 2 fully saturated rings. The smallest absolute Gasteiger partial charge is 0.244 e. The molecule has 0 bridgehead atoms. The van der Waals surface area contributed by atoms with Gasteiger partial charge in [0.2, 0.25) is 5.91 Å². The molecule has 20 heavy (non-hydrogen) atoms. The van der Waals surface area contributed by atoms with E-state index in [9.17, 15) is 4.79 Å². The van der Waals surface area contributed by atoms with Crippen molar-refractivity contribution in [3.8, 4) is 5.75 Å². The standard InChI is InChI=1S/C16H22N2O2/c1-4-11(2)18-14(17-16(9-10-16)15(18)19)12-5-7-13(20-3)8-6-12/h5-8,11,14,17H,4,9-10H2,1-3H3. The number of nitrogens with one attached hydrogen (secondary N) is 1. The van der Waals surface area contributed by atoms with Crippen LogP contribution in [0.4, 0.5) is 0 Å². The van der Waals surface area contributed by atoms with Crippen molar-refractivity contribution in [3.63, 3.8) is 0 Å². The van der Waals surface area contributed by atoms with E-state index in [1.54, 1.807) is 7.11 Å². The molecule has 1 aliphatic heterocycles. The van der Waals surface area contributed by atoms with Gasteiger partial charge in [-0.15, -0.1) is 0 Å². The predicted molar refractivity (Wildman–Crippen MR) is 77.4 cm³/mol. The first-order valence-corrected chi connectivity index (χ1v) is 7.36. The van der Waals surface area contributed by atoms with Crippen molar-refractivity contribution in [1.29, 1.82) is 0 Å². The molecule has 1 aromatic carbocycles. The zero-order chi connectivity index (χ0) is 14.3. The highest BCUT2D eigenvalue weighted by Gasteiger charge is 2.59. The highest BCUT2D eigenvalue weighted by Crippen LogP contribution is 2.47. The van der Waals surface area contributed by atoms with Gasteiger partial charge in [0, 0.05) is 6.04 Å². The highest BCUT2D eigenvalue weighted by atomic mass is 16.5. The Kier molecular flexibility index (Phi) is 3.21. The van der Waals surface area contributed by atoms with Crippen molar-refractivity contribution >= 4 is 5.91 Å². The van der Waals surface area contributed by atoms with E-state index in [1.165, 1.54) is 0 Å². The molecule has 2 unspecified atom stereocenters. The first-order chi connectivity index (χ1) is 9.61. The molecule has 1 saturated carbocycles. The summed E-state index contributed by atoms with van der Waals surface area (Å²) in [6.45, 7) is 4.25. The molecule has 1 heterocycles. The van der Waals surface area contributed by atoms with Gasteiger partial charge in [-0.1, -0.05) is 19.1 Å². The molecular formula is C16H22N2O2. The van der Waals surface area contributed by atoms with Crippen molar-refractivity contribution in [3.05, 3.63) is 29.8 Å². The monoisotopic (exact) mass is 274 g/mol. The van der Waals surface area contributed by atoms with E-state index in [2.05, 4.69) is 19.2 Å². The Bertz CT molecular complexity index is 508. The minimum absolute atomic E-state index is 0.00847. The van der Waals surface area contributed by atoms with Crippen LogP contribution in [0.5, 0.6) is 5.75 Å². The first kappa shape index (κ1) is 13.4. The molecule has 1 aromatic rings. The number of rotatable bonds is 4. The lowest BCUT2D eigenvalue weighted by Crippen LogP contribution is -2.38. The summed E-state index contributed by atoms with van der Waals surface area (Å²) in [4.78, 5) is 14.7. The van der Waals surface area contributed by atoms with E-state index in [0.29, 0.717) is 0 Å². The molecule has 1 amide bonds. The molecule has 1 N–H and O–H groups in total. The summed E-state index contributed by atoms with van der Waals surface area (Å²) in [5.41, 5.74) is 0.858. The van der Waals surface area contributed by atoms with E-state index < -0.39 is 0 Å².